The lowest BCUT2D eigenvalue weighted by Crippen LogP contribution is -2.41. The molecule has 1 aliphatic rings. The summed E-state index contributed by atoms with van der Waals surface area (Å²) in [7, 11) is 0. The molecule has 0 aliphatic carbocycles. The van der Waals surface area contributed by atoms with Gasteiger partial charge in [-0.25, -0.2) is 4.39 Å². The molecule has 1 fully saturated rings. The number of ether oxygens (including phenoxy) is 1. The first-order valence-corrected chi connectivity index (χ1v) is 8.41. The first kappa shape index (κ1) is 18.2. The van der Waals surface area contributed by atoms with Gasteiger partial charge in [0.15, 0.2) is 17.3 Å². The molecule has 1 N–H and O–H groups in total. The van der Waals surface area contributed by atoms with E-state index in [-0.39, 0.29) is 29.0 Å². The molecule has 0 aromatic heterocycles. The standard InChI is InChI=1S/C18H25FN2O3/c1-4-9-24-18-16(12(2)22)10-15(11-17(18)19)20-14-5-7-21(8-6-14)13(3)23/h10-11,14,20H,4-9H2,1-3H3. The summed E-state index contributed by atoms with van der Waals surface area (Å²) in [5.41, 5.74) is 0.829. The molecule has 0 spiro atoms. The Hall–Kier alpha value is -2.11. The fraction of sp³-hybridized carbons (Fsp3) is 0.556. The van der Waals surface area contributed by atoms with Gasteiger partial charge < -0.3 is 15.0 Å². The number of Topliss-reactive ketones (excluding diaryl/α,β-unsaturated/α-hetero) is 1. The van der Waals surface area contributed by atoms with Gasteiger partial charge in [0, 0.05) is 37.8 Å². The maximum Gasteiger partial charge on any atom is 0.219 e. The lowest BCUT2D eigenvalue weighted by Gasteiger charge is -2.32. The molecule has 132 valence electrons. The minimum absolute atomic E-state index is 0.0290. The van der Waals surface area contributed by atoms with Crippen LogP contribution in [0.5, 0.6) is 5.75 Å². The maximum atomic E-state index is 14.3. The molecule has 24 heavy (non-hydrogen) atoms. The van der Waals surface area contributed by atoms with E-state index in [1.54, 1.807) is 17.9 Å². The van der Waals surface area contributed by atoms with Gasteiger partial charge in [0.1, 0.15) is 0 Å². The fourth-order valence-corrected chi connectivity index (χ4v) is 2.86. The van der Waals surface area contributed by atoms with Crippen molar-refractivity contribution in [3.05, 3.63) is 23.5 Å². The number of amides is 1. The average Bonchev–Trinajstić information content (AvgIpc) is 2.54. The predicted molar refractivity (Wildman–Crippen MR) is 91.1 cm³/mol. The first-order chi connectivity index (χ1) is 11.4. The first-order valence-electron chi connectivity index (χ1n) is 8.41. The van der Waals surface area contributed by atoms with Crippen LogP contribution in [-0.4, -0.2) is 42.3 Å². The van der Waals surface area contributed by atoms with Crippen LogP contribution in [0, 0.1) is 5.82 Å². The van der Waals surface area contributed by atoms with Gasteiger partial charge in [0.25, 0.3) is 0 Å². The lowest BCUT2D eigenvalue weighted by molar-refractivity contribution is -0.129. The topological polar surface area (TPSA) is 58.6 Å². The molecule has 6 heteroatoms. The summed E-state index contributed by atoms with van der Waals surface area (Å²) >= 11 is 0. The Kier molecular flexibility index (Phi) is 6.17. The second kappa shape index (κ2) is 8.13. The largest absolute Gasteiger partial charge is 0.490 e. The number of carbonyl (C=O) groups excluding carboxylic acids is 2. The highest BCUT2D eigenvalue weighted by Gasteiger charge is 2.22. The molecule has 1 aromatic rings. The maximum absolute atomic E-state index is 14.3. The summed E-state index contributed by atoms with van der Waals surface area (Å²) in [6.45, 7) is 6.64. The normalized spacial score (nSPS) is 15.2. The minimum atomic E-state index is -0.528. The molecule has 1 heterocycles. The number of anilines is 1. The van der Waals surface area contributed by atoms with Crippen molar-refractivity contribution < 1.29 is 18.7 Å². The number of benzene rings is 1. The van der Waals surface area contributed by atoms with Crippen LogP contribution < -0.4 is 10.1 Å². The summed E-state index contributed by atoms with van der Waals surface area (Å²) in [6.07, 6.45) is 2.33. The molecule has 0 atom stereocenters. The zero-order chi connectivity index (χ0) is 17.7. The van der Waals surface area contributed by atoms with Crippen molar-refractivity contribution in [3.8, 4) is 5.75 Å². The van der Waals surface area contributed by atoms with E-state index in [1.165, 1.54) is 13.0 Å². The van der Waals surface area contributed by atoms with E-state index in [0.29, 0.717) is 25.4 Å². The summed E-state index contributed by atoms with van der Waals surface area (Å²) < 4.78 is 19.7. The van der Waals surface area contributed by atoms with Crippen LogP contribution in [0.3, 0.4) is 0 Å². The number of carbonyl (C=O) groups is 2. The highest BCUT2D eigenvalue weighted by Crippen LogP contribution is 2.29. The van der Waals surface area contributed by atoms with Crippen LogP contribution in [-0.2, 0) is 4.79 Å². The molecule has 1 aliphatic heterocycles. The third-order valence-electron chi connectivity index (χ3n) is 4.18. The van der Waals surface area contributed by atoms with Gasteiger partial charge in [-0.15, -0.1) is 0 Å². The Morgan fingerprint density at radius 3 is 2.50 bits per heavy atom. The van der Waals surface area contributed by atoms with E-state index in [9.17, 15) is 14.0 Å². The van der Waals surface area contributed by atoms with Crippen LogP contribution >= 0.6 is 0 Å². The van der Waals surface area contributed by atoms with E-state index in [0.717, 1.165) is 19.3 Å². The Bertz CT molecular complexity index is 611. The van der Waals surface area contributed by atoms with E-state index in [2.05, 4.69) is 5.32 Å². The Morgan fingerprint density at radius 1 is 1.29 bits per heavy atom. The number of nitrogens with one attached hydrogen (secondary N) is 1. The monoisotopic (exact) mass is 336 g/mol. The van der Waals surface area contributed by atoms with E-state index < -0.39 is 5.82 Å². The van der Waals surface area contributed by atoms with E-state index in [1.807, 2.05) is 6.92 Å². The Labute approximate surface area is 142 Å². The SMILES string of the molecule is CCCOc1c(F)cc(NC2CCN(C(C)=O)CC2)cc1C(C)=O. The number of ketones is 1. The van der Waals surface area contributed by atoms with Crippen molar-refractivity contribution in [2.75, 3.05) is 25.0 Å². The number of nitrogens with zero attached hydrogens (tertiary/aromatic N) is 1. The van der Waals surface area contributed by atoms with Crippen molar-refractivity contribution in [2.45, 2.75) is 46.1 Å². The van der Waals surface area contributed by atoms with Gasteiger partial charge in [0.2, 0.25) is 5.91 Å². The fourth-order valence-electron chi connectivity index (χ4n) is 2.86. The van der Waals surface area contributed by atoms with Crippen LogP contribution in [0.4, 0.5) is 10.1 Å². The van der Waals surface area contributed by atoms with Gasteiger partial charge in [0.05, 0.1) is 12.2 Å². The molecule has 0 bridgehead atoms. The Balaban J connectivity index is 2.11. The van der Waals surface area contributed by atoms with Crippen molar-refractivity contribution >= 4 is 17.4 Å². The molecule has 0 unspecified atom stereocenters. The van der Waals surface area contributed by atoms with Crippen LogP contribution in [0.1, 0.15) is 50.4 Å². The number of likely N-dealkylation sites (tertiary alicyclic amines) is 1. The Morgan fingerprint density at radius 2 is 1.96 bits per heavy atom. The number of halogens is 1. The molecular weight excluding hydrogens is 311 g/mol. The van der Waals surface area contributed by atoms with E-state index >= 15 is 0 Å². The number of hydrogen-bond donors (Lipinski definition) is 1. The smallest absolute Gasteiger partial charge is 0.219 e. The second-order valence-electron chi connectivity index (χ2n) is 6.16. The quantitative estimate of drug-likeness (QED) is 0.810. The molecular formula is C18H25FN2O3. The molecule has 0 saturated carbocycles. The highest BCUT2D eigenvalue weighted by atomic mass is 19.1. The summed E-state index contributed by atoms with van der Waals surface area (Å²) in [4.78, 5) is 25.0. The van der Waals surface area contributed by atoms with Crippen LogP contribution in [0.25, 0.3) is 0 Å². The average molecular weight is 336 g/mol. The molecule has 5 nitrogen and oxygen atoms in total. The molecule has 1 amide bonds. The van der Waals surface area contributed by atoms with Crippen molar-refractivity contribution in [2.24, 2.45) is 0 Å². The molecule has 1 saturated heterocycles. The predicted octanol–water partition coefficient (Wildman–Crippen LogP) is 3.24. The zero-order valence-electron chi connectivity index (χ0n) is 14.5. The number of rotatable bonds is 6. The van der Waals surface area contributed by atoms with Gasteiger partial charge in [-0.2, -0.15) is 0 Å². The van der Waals surface area contributed by atoms with Crippen molar-refractivity contribution in [3.63, 3.8) is 0 Å². The summed E-state index contributed by atoms with van der Waals surface area (Å²) in [5.74, 6) is -0.646. The third kappa shape index (κ3) is 4.46. The summed E-state index contributed by atoms with van der Waals surface area (Å²) in [6, 6.07) is 3.17. The summed E-state index contributed by atoms with van der Waals surface area (Å²) in [5, 5.41) is 3.27. The van der Waals surface area contributed by atoms with Crippen LogP contribution in [0.15, 0.2) is 12.1 Å². The third-order valence-corrected chi connectivity index (χ3v) is 4.18. The number of hydrogen-bond acceptors (Lipinski definition) is 4. The van der Waals surface area contributed by atoms with Crippen molar-refractivity contribution in [1.82, 2.24) is 4.90 Å². The van der Waals surface area contributed by atoms with Gasteiger partial charge in [-0.1, -0.05) is 6.92 Å². The minimum Gasteiger partial charge on any atom is -0.490 e. The zero-order valence-corrected chi connectivity index (χ0v) is 14.5. The second-order valence-corrected chi connectivity index (χ2v) is 6.16. The lowest BCUT2D eigenvalue weighted by atomic mass is 10.0. The van der Waals surface area contributed by atoms with Gasteiger partial charge in [-0.05, 0) is 32.3 Å². The van der Waals surface area contributed by atoms with Gasteiger partial charge in [-0.3, -0.25) is 9.59 Å². The van der Waals surface area contributed by atoms with Gasteiger partial charge >= 0.3 is 0 Å². The molecule has 0 radical (unpaired) electrons. The molecule has 1 aromatic carbocycles. The highest BCUT2D eigenvalue weighted by molar-refractivity contribution is 5.97. The van der Waals surface area contributed by atoms with Crippen molar-refractivity contribution in [1.29, 1.82) is 0 Å². The molecule has 2 rings (SSSR count). The number of piperidine rings is 1. The van der Waals surface area contributed by atoms with Crippen LogP contribution in [0.2, 0.25) is 0 Å². The van der Waals surface area contributed by atoms with E-state index in [4.69, 9.17) is 4.74 Å².